The monoisotopic (exact) mass is 612 g/mol. The zero-order valence-corrected chi connectivity index (χ0v) is 21.4. The third kappa shape index (κ3) is 7.84. The topological polar surface area (TPSA) is 43.4 Å². The molecule has 0 amide bonds. The van der Waals surface area contributed by atoms with Gasteiger partial charge in [-0.05, 0) is 18.1 Å². The Hall–Kier alpha value is 0.551. The van der Waals surface area contributed by atoms with Crippen molar-refractivity contribution in [3.05, 3.63) is 68.8 Å². The fraction of sp³-hybridized carbons (Fsp3) is 0.125. The third-order valence-electron chi connectivity index (χ3n) is 2.66. The molecule has 0 spiro atoms. The van der Waals surface area contributed by atoms with Crippen molar-refractivity contribution in [3.63, 3.8) is 0 Å². The Labute approximate surface area is 194 Å². The van der Waals surface area contributed by atoms with Crippen molar-refractivity contribution in [2.45, 2.75) is 6.92 Å². The number of rotatable bonds is 4. The molecule has 0 N–H and O–H groups in total. The number of hydrogen-bond donors (Lipinski definition) is 0. The molecule has 0 heterocycles. The van der Waals surface area contributed by atoms with E-state index in [1.54, 1.807) is 43.3 Å². The van der Waals surface area contributed by atoms with Crippen molar-refractivity contribution in [2.24, 2.45) is 0 Å². The molecular formula is C16H12ClI2LiO3Zn. The van der Waals surface area contributed by atoms with Crippen molar-refractivity contribution in [3.8, 4) is 0 Å². The summed E-state index contributed by atoms with van der Waals surface area (Å²) in [6.07, 6.45) is 0. The van der Waals surface area contributed by atoms with Crippen LogP contribution in [0.3, 0.4) is 0 Å². The van der Waals surface area contributed by atoms with Gasteiger partial charge < -0.3 is 21.9 Å². The summed E-state index contributed by atoms with van der Waals surface area (Å²) in [4.78, 5) is 24.4. The number of ether oxygens (including phenoxy) is 1. The van der Waals surface area contributed by atoms with Gasteiger partial charge in [-0.3, -0.25) is 4.79 Å². The molecule has 0 saturated heterocycles. The van der Waals surface area contributed by atoms with Gasteiger partial charge in [0.05, 0.1) is 6.61 Å². The van der Waals surface area contributed by atoms with E-state index in [9.17, 15) is 9.59 Å². The summed E-state index contributed by atoms with van der Waals surface area (Å²) < 4.78 is 5.82. The van der Waals surface area contributed by atoms with Gasteiger partial charge in [0.2, 0.25) is 0 Å². The molecule has 2 aromatic carbocycles. The van der Waals surface area contributed by atoms with Crippen LogP contribution in [-0.4, -0.2) is 18.4 Å². The van der Waals surface area contributed by atoms with E-state index in [1.165, 1.54) is 14.8 Å². The van der Waals surface area contributed by atoms with Crippen LogP contribution >= 0.6 is 42.3 Å². The van der Waals surface area contributed by atoms with Crippen molar-refractivity contribution in [1.82, 2.24) is 0 Å². The van der Waals surface area contributed by atoms with Crippen LogP contribution in [0.1, 0.15) is 33.2 Å². The average molecular weight is 614 g/mol. The van der Waals surface area contributed by atoms with E-state index in [1.807, 2.05) is 6.07 Å². The minimum absolute atomic E-state index is 0. The van der Waals surface area contributed by atoms with E-state index in [0.717, 1.165) is 3.57 Å². The SMILES string of the molecule is CCOC(=O)c1cc(I)c[c-]c1C(=O)c1ccccc1.[Cl-].[Li+].[Zn+][I]. The van der Waals surface area contributed by atoms with Crippen LogP contribution in [-0.2, 0) is 19.5 Å². The molecule has 2 rings (SSSR count). The number of halogens is 3. The number of carbonyl (C=O) groups is 2. The molecule has 0 aromatic heterocycles. The molecule has 24 heavy (non-hydrogen) atoms. The third-order valence-corrected chi connectivity index (χ3v) is 3.29. The van der Waals surface area contributed by atoms with Crippen molar-refractivity contribution in [1.29, 1.82) is 0 Å². The number of esters is 1. The van der Waals surface area contributed by atoms with Crippen molar-refractivity contribution >= 4 is 54.1 Å². The Morgan fingerprint density at radius 3 is 2.33 bits per heavy atom. The van der Waals surface area contributed by atoms with Crippen molar-refractivity contribution < 1.29 is 60.4 Å². The number of ketones is 1. The fourth-order valence-electron chi connectivity index (χ4n) is 1.76. The predicted molar refractivity (Wildman–Crippen MR) is 97.8 cm³/mol. The molecule has 3 nitrogen and oxygen atoms in total. The van der Waals surface area contributed by atoms with Gasteiger partial charge in [0.1, 0.15) is 5.78 Å². The van der Waals surface area contributed by atoms with Crippen LogP contribution in [0, 0.1) is 9.64 Å². The van der Waals surface area contributed by atoms with Gasteiger partial charge in [0.25, 0.3) is 5.97 Å². The molecule has 0 aliphatic carbocycles. The van der Waals surface area contributed by atoms with Gasteiger partial charge >= 0.3 is 53.4 Å². The maximum atomic E-state index is 12.4. The van der Waals surface area contributed by atoms with E-state index >= 15 is 0 Å². The Bertz CT molecular complexity index is 657. The normalized spacial score (nSPS) is 8.71. The first-order valence-electron chi connectivity index (χ1n) is 6.38. The Morgan fingerprint density at radius 2 is 1.79 bits per heavy atom. The van der Waals surface area contributed by atoms with Gasteiger partial charge in [-0.2, -0.15) is 0 Å². The Morgan fingerprint density at radius 1 is 1.21 bits per heavy atom. The van der Waals surface area contributed by atoms with E-state index in [-0.39, 0.29) is 54.8 Å². The zero-order valence-electron chi connectivity index (χ0n) is 13.3. The maximum absolute atomic E-state index is 12.4. The summed E-state index contributed by atoms with van der Waals surface area (Å²) in [7, 11) is 0. The second-order valence-electron chi connectivity index (χ2n) is 4.02. The molecule has 0 radical (unpaired) electrons. The van der Waals surface area contributed by atoms with Gasteiger partial charge in [0.15, 0.2) is 0 Å². The molecule has 2 aromatic rings. The van der Waals surface area contributed by atoms with E-state index in [0.29, 0.717) is 5.56 Å². The number of carbonyl (C=O) groups excluding carboxylic acids is 2. The molecule has 0 atom stereocenters. The Balaban J connectivity index is 0. The van der Waals surface area contributed by atoms with E-state index in [4.69, 9.17) is 4.74 Å². The molecule has 0 aliphatic heterocycles. The van der Waals surface area contributed by atoms with Crippen LogP contribution in [0.5, 0.6) is 0 Å². The molecular weight excluding hydrogens is 602 g/mol. The van der Waals surface area contributed by atoms with E-state index < -0.39 is 5.97 Å². The predicted octanol–water partition coefficient (Wildman–Crippen LogP) is -1.61. The molecule has 0 fully saturated rings. The first kappa shape index (κ1) is 26.8. The summed E-state index contributed by atoms with van der Waals surface area (Å²) >= 11 is 5.69. The average Bonchev–Trinajstić information content (AvgIpc) is 2.57. The second-order valence-corrected chi connectivity index (χ2v) is 5.27. The quantitative estimate of drug-likeness (QED) is 0.137. The summed E-state index contributed by atoms with van der Waals surface area (Å²) in [6.45, 7) is 2.00. The first-order chi connectivity index (χ1) is 10.6. The molecule has 0 aliphatic rings. The van der Waals surface area contributed by atoms with Crippen LogP contribution in [0.4, 0.5) is 0 Å². The van der Waals surface area contributed by atoms with Gasteiger partial charge in [-0.15, -0.1) is 40.8 Å². The van der Waals surface area contributed by atoms with Gasteiger partial charge in [-0.25, -0.2) is 0 Å². The summed E-state index contributed by atoms with van der Waals surface area (Å²) in [5.41, 5.74) is 1.03. The first-order valence-corrected chi connectivity index (χ1v) is 16.5. The van der Waals surface area contributed by atoms with E-state index in [2.05, 4.69) is 48.4 Å². The van der Waals surface area contributed by atoms with Crippen molar-refractivity contribution in [2.75, 3.05) is 6.61 Å². The Kier molecular flexibility index (Phi) is 16.4. The second kappa shape index (κ2) is 14.7. The van der Waals surface area contributed by atoms with Crippen LogP contribution in [0.25, 0.3) is 0 Å². The molecule has 0 bridgehead atoms. The standard InChI is InChI=1S/C16H12IO3.ClH.HI.Li.Zn/c1-2-20-16(19)14-10-12(17)8-9-13(14)15(18)11-6-4-3-5-7-11;;;;/h3-8,10H,2H2,1H3;2*1H;;/q-1;;;+1;+2/p-2. The molecule has 0 saturated carbocycles. The number of hydrogen-bond acceptors (Lipinski definition) is 3. The zero-order chi connectivity index (χ0) is 16.5. The summed E-state index contributed by atoms with van der Waals surface area (Å²) in [5, 5.41) is 0. The minimum atomic E-state index is -0.499. The van der Waals surface area contributed by atoms with Gasteiger partial charge in [-0.1, -0.05) is 39.5 Å². The fourth-order valence-corrected chi connectivity index (χ4v) is 2.23. The summed E-state index contributed by atoms with van der Waals surface area (Å²) in [5.74, 6) is -0.730. The van der Waals surface area contributed by atoms with Crippen LogP contribution in [0.2, 0.25) is 0 Å². The van der Waals surface area contributed by atoms with Crippen LogP contribution in [0.15, 0.2) is 42.5 Å². The molecule has 8 heteroatoms. The molecule has 118 valence electrons. The number of benzene rings is 2. The van der Waals surface area contributed by atoms with Crippen LogP contribution < -0.4 is 31.3 Å². The molecule has 0 unspecified atom stereocenters. The summed E-state index contributed by atoms with van der Waals surface area (Å²) in [6, 6.07) is 15.0. The van der Waals surface area contributed by atoms with Gasteiger partial charge in [0, 0.05) is 0 Å².